The standard InChI is InChI=1S/C11H15N3O/c12-11-1-2-13-7-9(11)4-10(15)3-8-5-14-6-8/h1-2,7-8,14H,3-6H2,(H2,12,13). The summed E-state index contributed by atoms with van der Waals surface area (Å²) in [7, 11) is 0. The Hall–Kier alpha value is -1.42. The number of pyridine rings is 1. The number of aromatic nitrogens is 1. The molecule has 1 aromatic rings. The number of rotatable bonds is 4. The molecule has 80 valence electrons. The molecule has 15 heavy (non-hydrogen) atoms. The number of carbonyl (C=O) groups excluding carboxylic acids is 1. The van der Waals surface area contributed by atoms with Crippen molar-refractivity contribution in [3.05, 3.63) is 24.0 Å². The highest BCUT2D eigenvalue weighted by Gasteiger charge is 2.20. The Balaban J connectivity index is 1.90. The number of anilines is 1. The molecule has 0 atom stereocenters. The van der Waals surface area contributed by atoms with Gasteiger partial charge in [-0.15, -0.1) is 0 Å². The minimum atomic E-state index is 0.251. The highest BCUT2D eigenvalue weighted by Crippen LogP contribution is 2.14. The minimum absolute atomic E-state index is 0.251. The summed E-state index contributed by atoms with van der Waals surface area (Å²) in [4.78, 5) is 15.6. The SMILES string of the molecule is Nc1ccncc1CC(=O)CC1CNC1. The predicted octanol–water partition coefficient (Wildman–Crippen LogP) is 0.385. The maximum Gasteiger partial charge on any atom is 0.137 e. The summed E-state index contributed by atoms with van der Waals surface area (Å²) in [6, 6.07) is 1.73. The van der Waals surface area contributed by atoms with Gasteiger partial charge in [0, 0.05) is 36.5 Å². The molecule has 0 saturated carbocycles. The van der Waals surface area contributed by atoms with E-state index in [0.717, 1.165) is 18.7 Å². The van der Waals surface area contributed by atoms with Crippen molar-refractivity contribution in [3.63, 3.8) is 0 Å². The van der Waals surface area contributed by atoms with Crippen molar-refractivity contribution in [1.82, 2.24) is 10.3 Å². The van der Waals surface area contributed by atoms with Crippen LogP contribution in [0.4, 0.5) is 5.69 Å². The molecule has 0 aliphatic carbocycles. The van der Waals surface area contributed by atoms with Crippen LogP contribution in [-0.4, -0.2) is 23.9 Å². The first-order chi connectivity index (χ1) is 7.25. The maximum atomic E-state index is 11.7. The summed E-state index contributed by atoms with van der Waals surface area (Å²) >= 11 is 0. The topological polar surface area (TPSA) is 68.0 Å². The Labute approximate surface area is 88.9 Å². The lowest BCUT2D eigenvalue weighted by Gasteiger charge is -2.26. The third kappa shape index (κ3) is 2.53. The largest absolute Gasteiger partial charge is 0.398 e. The number of carbonyl (C=O) groups is 1. The van der Waals surface area contributed by atoms with Crippen molar-refractivity contribution in [1.29, 1.82) is 0 Å². The number of hydrogen-bond donors (Lipinski definition) is 2. The molecule has 1 aliphatic heterocycles. The smallest absolute Gasteiger partial charge is 0.137 e. The van der Waals surface area contributed by atoms with E-state index in [1.165, 1.54) is 0 Å². The summed E-state index contributed by atoms with van der Waals surface area (Å²) in [6.45, 7) is 1.93. The van der Waals surface area contributed by atoms with E-state index in [9.17, 15) is 4.79 Å². The van der Waals surface area contributed by atoms with Gasteiger partial charge in [0.1, 0.15) is 5.78 Å². The first-order valence-corrected chi connectivity index (χ1v) is 5.16. The highest BCUT2D eigenvalue weighted by molar-refractivity contribution is 5.82. The fourth-order valence-electron chi connectivity index (χ4n) is 1.68. The lowest BCUT2D eigenvalue weighted by Crippen LogP contribution is -2.43. The van der Waals surface area contributed by atoms with Gasteiger partial charge in [0.05, 0.1) is 0 Å². The third-order valence-corrected chi connectivity index (χ3v) is 2.71. The van der Waals surface area contributed by atoms with Gasteiger partial charge < -0.3 is 11.1 Å². The Morgan fingerprint density at radius 1 is 1.60 bits per heavy atom. The van der Waals surface area contributed by atoms with Gasteiger partial charge in [0.15, 0.2) is 0 Å². The quantitative estimate of drug-likeness (QED) is 0.746. The maximum absolute atomic E-state index is 11.7. The number of nitrogens with zero attached hydrogens (tertiary/aromatic N) is 1. The summed E-state index contributed by atoms with van der Waals surface area (Å²) in [5.74, 6) is 0.775. The summed E-state index contributed by atoms with van der Waals surface area (Å²) < 4.78 is 0. The van der Waals surface area contributed by atoms with Crippen molar-refractivity contribution >= 4 is 11.5 Å². The first kappa shape index (κ1) is 10.1. The van der Waals surface area contributed by atoms with Crippen LogP contribution < -0.4 is 11.1 Å². The van der Waals surface area contributed by atoms with E-state index in [2.05, 4.69) is 10.3 Å². The van der Waals surface area contributed by atoms with Crippen molar-refractivity contribution in [2.75, 3.05) is 18.8 Å². The molecule has 0 amide bonds. The normalized spacial score (nSPS) is 16.0. The Bertz CT molecular complexity index is 361. The Morgan fingerprint density at radius 2 is 2.40 bits per heavy atom. The first-order valence-electron chi connectivity index (χ1n) is 5.16. The van der Waals surface area contributed by atoms with E-state index in [-0.39, 0.29) is 5.78 Å². The minimum Gasteiger partial charge on any atom is -0.398 e. The van der Waals surface area contributed by atoms with Gasteiger partial charge in [-0.25, -0.2) is 0 Å². The molecule has 1 aromatic heterocycles. The molecule has 2 heterocycles. The third-order valence-electron chi connectivity index (χ3n) is 2.71. The predicted molar refractivity (Wildman–Crippen MR) is 58.3 cm³/mol. The van der Waals surface area contributed by atoms with E-state index in [1.807, 2.05) is 0 Å². The fraction of sp³-hybridized carbons (Fsp3) is 0.455. The molecular formula is C11H15N3O. The van der Waals surface area contributed by atoms with Crippen LogP contribution in [0.5, 0.6) is 0 Å². The lowest BCUT2D eigenvalue weighted by molar-refractivity contribution is -0.119. The van der Waals surface area contributed by atoms with Gasteiger partial charge >= 0.3 is 0 Å². The van der Waals surface area contributed by atoms with E-state index < -0.39 is 0 Å². The Kier molecular flexibility index (Phi) is 2.97. The number of nitrogen functional groups attached to an aromatic ring is 1. The van der Waals surface area contributed by atoms with Crippen LogP contribution in [0.3, 0.4) is 0 Å². The van der Waals surface area contributed by atoms with Crippen LogP contribution in [-0.2, 0) is 11.2 Å². The highest BCUT2D eigenvalue weighted by atomic mass is 16.1. The van der Waals surface area contributed by atoms with Crippen LogP contribution in [0.1, 0.15) is 12.0 Å². The van der Waals surface area contributed by atoms with Crippen molar-refractivity contribution < 1.29 is 4.79 Å². The van der Waals surface area contributed by atoms with Crippen LogP contribution >= 0.6 is 0 Å². The zero-order valence-electron chi connectivity index (χ0n) is 8.57. The van der Waals surface area contributed by atoms with Crippen molar-refractivity contribution in [2.24, 2.45) is 5.92 Å². The molecule has 4 heteroatoms. The van der Waals surface area contributed by atoms with Crippen LogP contribution in [0.15, 0.2) is 18.5 Å². The van der Waals surface area contributed by atoms with Gasteiger partial charge in [-0.05, 0) is 25.1 Å². The Morgan fingerprint density at radius 3 is 3.00 bits per heavy atom. The van der Waals surface area contributed by atoms with Gasteiger partial charge in [0.25, 0.3) is 0 Å². The molecule has 0 bridgehead atoms. The molecule has 4 nitrogen and oxygen atoms in total. The summed E-state index contributed by atoms with van der Waals surface area (Å²) in [5, 5.41) is 3.15. The van der Waals surface area contributed by atoms with Gasteiger partial charge in [-0.3, -0.25) is 9.78 Å². The zero-order valence-corrected chi connectivity index (χ0v) is 8.57. The molecule has 2 rings (SSSR count). The average Bonchev–Trinajstić information content (AvgIpc) is 2.16. The monoisotopic (exact) mass is 205 g/mol. The van der Waals surface area contributed by atoms with Crippen LogP contribution in [0, 0.1) is 5.92 Å². The molecule has 0 radical (unpaired) electrons. The number of nitrogens with two attached hydrogens (primary N) is 1. The molecule has 0 aromatic carbocycles. The van der Waals surface area contributed by atoms with Gasteiger partial charge in [-0.1, -0.05) is 0 Å². The molecule has 1 saturated heterocycles. The van der Waals surface area contributed by atoms with Crippen LogP contribution in [0.25, 0.3) is 0 Å². The second-order valence-electron chi connectivity index (χ2n) is 4.02. The molecule has 1 aliphatic rings. The molecular weight excluding hydrogens is 190 g/mol. The molecule has 1 fully saturated rings. The summed E-state index contributed by atoms with van der Waals surface area (Å²) in [6.07, 6.45) is 4.38. The van der Waals surface area contributed by atoms with Gasteiger partial charge in [-0.2, -0.15) is 0 Å². The number of ketones is 1. The average molecular weight is 205 g/mol. The number of hydrogen-bond acceptors (Lipinski definition) is 4. The van der Waals surface area contributed by atoms with E-state index in [0.29, 0.717) is 24.4 Å². The number of nitrogens with one attached hydrogen (secondary N) is 1. The van der Waals surface area contributed by atoms with E-state index in [1.54, 1.807) is 18.5 Å². The zero-order chi connectivity index (χ0) is 10.7. The molecule has 0 spiro atoms. The second kappa shape index (κ2) is 4.40. The van der Waals surface area contributed by atoms with Gasteiger partial charge in [0.2, 0.25) is 0 Å². The van der Waals surface area contributed by atoms with Crippen LogP contribution in [0.2, 0.25) is 0 Å². The lowest BCUT2D eigenvalue weighted by atomic mass is 9.94. The second-order valence-corrected chi connectivity index (χ2v) is 4.02. The fourth-order valence-corrected chi connectivity index (χ4v) is 1.68. The van der Waals surface area contributed by atoms with Crippen molar-refractivity contribution in [3.8, 4) is 0 Å². The molecule has 0 unspecified atom stereocenters. The summed E-state index contributed by atoms with van der Waals surface area (Å²) in [5.41, 5.74) is 7.24. The molecule has 3 N–H and O–H groups in total. The van der Waals surface area contributed by atoms with Crippen molar-refractivity contribution in [2.45, 2.75) is 12.8 Å². The van der Waals surface area contributed by atoms with E-state index >= 15 is 0 Å². The van der Waals surface area contributed by atoms with E-state index in [4.69, 9.17) is 5.73 Å². The number of Topliss-reactive ketones (excluding diaryl/α,β-unsaturated/α-hetero) is 1.